The van der Waals surface area contributed by atoms with Crippen molar-refractivity contribution >= 4 is 5.57 Å². The molecule has 3 aromatic carbocycles. The smallest absolute Gasteiger partial charge is 0.0509 e. The van der Waals surface area contributed by atoms with Crippen LogP contribution in [-0.2, 0) is 5.41 Å². The first-order valence-electron chi connectivity index (χ1n) is 8.31. The molecule has 23 heavy (non-hydrogen) atoms. The molecule has 0 aliphatic heterocycles. The number of benzene rings is 3. The summed E-state index contributed by atoms with van der Waals surface area (Å²) in [6, 6.07) is 26.8. The zero-order valence-corrected chi connectivity index (χ0v) is 13.2. The van der Waals surface area contributed by atoms with E-state index in [1.807, 2.05) is 0 Å². The van der Waals surface area contributed by atoms with Gasteiger partial charge in [-0.05, 0) is 52.3 Å². The second-order valence-corrected chi connectivity index (χ2v) is 6.53. The first-order chi connectivity index (χ1) is 11.4. The largest absolute Gasteiger partial charge is 0.0838 e. The molecule has 1 spiro atoms. The molecule has 0 bridgehead atoms. The van der Waals surface area contributed by atoms with Crippen LogP contribution in [0.1, 0.15) is 35.6 Å². The first-order valence-corrected chi connectivity index (χ1v) is 8.31. The van der Waals surface area contributed by atoms with E-state index in [-0.39, 0.29) is 5.41 Å². The van der Waals surface area contributed by atoms with Crippen molar-refractivity contribution < 1.29 is 0 Å². The van der Waals surface area contributed by atoms with Crippen molar-refractivity contribution in [2.75, 3.05) is 0 Å². The van der Waals surface area contributed by atoms with E-state index in [1.165, 1.54) is 39.0 Å². The number of rotatable bonds is 0. The Hall–Kier alpha value is -2.60. The van der Waals surface area contributed by atoms with E-state index in [9.17, 15) is 0 Å². The van der Waals surface area contributed by atoms with Gasteiger partial charge in [-0.1, -0.05) is 78.9 Å². The lowest BCUT2D eigenvalue weighted by atomic mass is 9.73. The zero-order valence-electron chi connectivity index (χ0n) is 13.2. The van der Waals surface area contributed by atoms with E-state index < -0.39 is 0 Å². The third-order valence-electron chi connectivity index (χ3n) is 5.60. The summed E-state index contributed by atoms with van der Waals surface area (Å²) < 4.78 is 0. The van der Waals surface area contributed by atoms with Crippen molar-refractivity contribution in [1.29, 1.82) is 0 Å². The van der Waals surface area contributed by atoms with Crippen LogP contribution in [0.2, 0.25) is 0 Å². The summed E-state index contributed by atoms with van der Waals surface area (Å²) in [4.78, 5) is 0. The molecule has 0 unspecified atom stereocenters. The summed E-state index contributed by atoms with van der Waals surface area (Å²) in [5.41, 5.74) is 10.1. The van der Waals surface area contributed by atoms with Crippen LogP contribution in [0.3, 0.4) is 0 Å². The molecule has 0 saturated carbocycles. The summed E-state index contributed by atoms with van der Waals surface area (Å²) >= 11 is 0. The second kappa shape index (κ2) is 4.45. The summed E-state index contributed by atoms with van der Waals surface area (Å²) in [6.45, 7) is 2.16. The molecule has 0 amide bonds. The Bertz CT molecular complexity index is 914. The third kappa shape index (κ3) is 1.46. The topological polar surface area (TPSA) is 0 Å². The summed E-state index contributed by atoms with van der Waals surface area (Å²) in [6.07, 6.45) is 3.36. The van der Waals surface area contributed by atoms with Crippen LogP contribution >= 0.6 is 0 Å². The van der Waals surface area contributed by atoms with E-state index >= 15 is 0 Å². The van der Waals surface area contributed by atoms with Crippen molar-refractivity contribution in [1.82, 2.24) is 0 Å². The molecular formula is C23H18. The first kappa shape index (κ1) is 12.9. The predicted molar refractivity (Wildman–Crippen MR) is 96.5 cm³/mol. The molecule has 0 heteroatoms. The fourth-order valence-corrected chi connectivity index (χ4v) is 4.67. The van der Waals surface area contributed by atoms with Crippen molar-refractivity contribution in [3.8, 4) is 11.1 Å². The van der Waals surface area contributed by atoms with Gasteiger partial charge in [-0.25, -0.2) is 0 Å². The van der Waals surface area contributed by atoms with E-state index in [4.69, 9.17) is 0 Å². The molecule has 2 aliphatic carbocycles. The highest BCUT2D eigenvalue weighted by molar-refractivity contribution is 5.90. The lowest BCUT2D eigenvalue weighted by molar-refractivity contribution is 0.681. The maximum absolute atomic E-state index is 2.32. The van der Waals surface area contributed by atoms with E-state index in [2.05, 4.69) is 85.8 Å². The van der Waals surface area contributed by atoms with Crippen LogP contribution in [0.5, 0.6) is 0 Å². The van der Waals surface area contributed by atoms with Gasteiger partial charge in [0.1, 0.15) is 0 Å². The average Bonchev–Trinajstić information content (AvgIpc) is 3.11. The van der Waals surface area contributed by atoms with E-state index in [0.29, 0.717) is 0 Å². The highest BCUT2D eigenvalue weighted by Crippen LogP contribution is 2.60. The molecule has 3 aromatic rings. The molecule has 0 heterocycles. The summed E-state index contributed by atoms with van der Waals surface area (Å²) in [5.74, 6) is 0. The number of hydrogen-bond acceptors (Lipinski definition) is 0. The zero-order chi connectivity index (χ0) is 15.4. The van der Waals surface area contributed by atoms with Crippen LogP contribution in [0.25, 0.3) is 16.7 Å². The Morgan fingerprint density at radius 3 is 1.61 bits per heavy atom. The Balaban J connectivity index is 1.95. The van der Waals surface area contributed by atoms with Crippen LogP contribution in [0.4, 0.5) is 0 Å². The van der Waals surface area contributed by atoms with Crippen LogP contribution < -0.4 is 0 Å². The SMILES string of the molecule is C/C=C1\CC2(c3ccccc31)c1ccccc1-c1ccccc12. The minimum atomic E-state index is -0.00831. The minimum Gasteiger partial charge on any atom is -0.0838 e. The number of fused-ring (bicyclic) bond motifs is 7. The molecule has 0 aromatic heterocycles. The van der Waals surface area contributed by atoms with Crippen molar-refractivity contribution in [3.63, 3.8) is 0 Å². The molecule has 5 rings (SSSR count). The molecule has 0 nitrogen and oxygen atoms in total. The Labute approximate surface area is 137 Å². The summed E-state index contributed by atoms with van der Waals surface area (Å²) in [5, 5.41) is 0. The van der Waals surface area contributed by atoms with E-state index in [0.717, 1.165) is 6.42 Å². The average molecular weight is 294 g/mol. The van der Waals surface area contributed by atoms with Gasteiger partial charge in [0.2, 0.25) is 0 Å². The lowest BCUT2D eigenvalue weighted by Crippen LogP contribution is -2.23. The quantitative estimate of drug-likeness (QED) is 0.491. The van der Waals surface area contributed by atoms with Crippen LogP contribution in [-0.4, -0.2) is 0 Å². The van der Waals surface area contributed by atoms with E-state index in [1.54, 1.807) is 0 Å². The Morgan fingerprint density at radius 1 is 0.652 bits per heavy atom. The molecule has 2 aliphatic rings. The molecule has 0 radical (unpaired) electrons. The van der Waals surface area contributed by atoms with Crippen LogP contribution in [0.15, 0.2) is 78.9 Å². The normalized spacial score (nSPS) is 18.0. The highest BCUT2D eigenvalue weighted by atomic mass is 14.5. The standard InChI is InChI=1S/C23H18/c1-2-16-15-23(20-12-6-3-9-17(16)20)21-13-7-4-10-18(21)19-11-5-8-14-22(19)23/h2-14H,15H2,1H3/b16-2+. The van der Waals surface area contributed by atoms with Gasteiger partial charge >= 0.3 is 0 Å². The maximum atomic E-state index is 2.32. The van der Waals surface area contributed by atoms with Crippen molar-refractivity contribution in [2.24, 2.45) is 0 Å². The van der Waals surface area contributed by atoms with Gasteiger partial charge in [0, 0.05) is 0 Å². The van der Waals surface area contributed by atoms with Gasteiger partial charge in [-0.2, -0.15) is 0 Å². The number of hydrogen-bond donors (Lipinski definition) is 0. The van der Waals surface area contributed by atoms with Crippen molar-refractivity contribution in [3.05, 3.63) is 101 Å². The van der Waals surface area contributed by atoms with Gasteiger partial charge < -0.3 is 0 Å². The fraction of sp³-hybridized carbons (Fsp3) is 0.130. The molecule has 110 valence electrons. The second-order valence-electron chi connectivity index (χ2n) is 6.53. The summed E-state index contributed by atoms with van der Waals surface area (Å²) in [7, 11) is 0. The molecule has 0 atom stereocenters. The number of allylic oxidation sites excluding steroid dienone is 2. The molecule has 0 N–H and O–H groups in total. The van der Waals surface area contributed by atoms with Crippen LogP contribution in [0, 0.1) is 0 Å². The van der Waals surface area contributed by atoms with Gasteiger partial charge in [0.05, 0.1) is 5.41 Å². The van der Waals surface area contributed by atoms with Crippen molar-refractivity contribution in [2.45, 2.75) is 18.8 Å². The molecular weight excluding hydrogens is 276 g/mol. The van der Waals surface area contributed by atoms with Gasteiger partial charge in [0.15, 0.2) is 0 Å². The Kier molecular flexibility index (Phi) is 2.50. The maximum Gasteiger partial charge on any atom is 0.0509 e. The lowest BCUT2D eigenvalue weighted by Gasteiger charge is -2.28. The van der Waals surface area contributed by atoms with Gasteiger partial charge in [0.25, 0.3) is 0 Å². The molecule has 0 fully saturated rings. The molecule has 0 saturated heterocycles. The van der Waals surface area contributed by atoms with Gasteiger partial charge in [-0.3, -0.25) is 0 Å². The van der Waals surface area contributed by atoms with Gasteiger partial charge in [-0.15, -0.1) is 0 Å². The Morgan fingerprint density at radius 2 is 1.09 bits per heavy atom. The predicted octanol–water partition coefficient (Wildman–Crippen LogP) is 5.81. The third-order valence-corrected chi connectivity index (χ3v) is 5.60. The monoisotopic (exact) mass is 294 g/mol. The highest BCUT2D eigenvalue weighted by Gasteiger charge is 2.49. The minimum absolute atomic E-state index is 0.00831. The fourth-order valence-electron chi connectivity index (χ4n) is 4.67.